The Bertz CT molecular complexity index is 1010. The molecule has 2 aliphatic rings. The third-order valence-electron chi connectivity index (χ3n) is 4.93. The molecule has 5 rings (SSSR count). The van der Waals surface area contributed by atoms with Gasteiger partial charge in [-0.1, -0.05) is 0 Å². The van der Waals surface area contributed by atoms with Crippen molar-refractivity contribution >= 4 is 11.3 Å². The molecule has 0 aliphatic heterocycles. The maximum Gasteiger partial charge on any atom is 0.225 e. The molecule has 7 nitrogen and oxygen atoms in total. The van der Waals surface area contributed by atoms with Crippen LogP contribution in [0.2, 0.25) is 0 Å². The van der Waals surface area contributed by atoms with Crippen molar-refractivity contribution in [1.82, 2.24) is 19.9 Å². The first-order valence-electron chi connectivity index (χ1n) is 10.5. The van der Waals surface area contributed by atoms with Gasteiger partial charge in [-0.2, -0.15) is 4.98 Å². The van der Waals surface area contributed by atoms with E-state index < -0.39 is 0 Å². The lowest BCUT2D eigenvalue weighted by Gasteiger charge is -2.10. The summed E-state index contributed by atoms with van der Waals surface area (Å²) in [5.41, 5.74) is 1.58. The zero-order valence-corrected chi connectivity index (χ0v) is 19.2. The van der Waals surface area contributed by atoms with Gasteiger partial charge in [0.25, 0.3) is 0 Å². The Balaban J connectivity index is 0.000000244. The fourth-order valence-corrected chi connectivity index (χ4v) is 4.10. The molecule has 3 heterocycles. The molecule has 168 valence electrons. The Kier molecular flexibility index (Phi) is 8.54. The number of rotatable bonds is 7. The number of ether oxygens (including phenoxy) is 2. The maximum absolute atomic E-state index is 9.63. The SMILES string of the molecule is C#C.COc1cccnc1.Cc1ncc(-c2sc(C3CC3)nc2CO)c(OCC2CC2)n1. The summed E-state index contributed by atoms with van der Waals surface area (Å²) in [5, 5.41) is 10.7. The number of pyridine rings is 1. The van der Waals surface area contributed by atoms with E-state index in [0.717, 1.165) is 26.9 Å². The van der Waals surface area contributed by atoms with E-state index in [-0.39, 0.29) is 6.61 Å². The van der Waals surface area contributed by atoms with Crippen LogP contribution in [0.3, 0.4) is 0 Å². The molecule has 3 aromatic heterocycles. The van der Waals surface area contributed by atoms with Gasteiger partial charge in [0.1, 0.15) is 11.6 Å². The van der Waals surface area contributed by atoms with Gasteiger partial charge in [0, 0.05) is 18.3 Å². The van der Waals surface area contributed by atoms with Crippen LogP contribution in [0.25, 0.3) is 10.4 Å². The van der Waals surface area contributed by atoms with Gasteiger partial charge in [0.2, 0.25) is 5.88 Å². The third kappa shape index (κ3) is 6.49. The van der Waals surface area contributed by atoms with Crippen molar-refractivity contribution in [3.63, 3.8) is 0 Å². The van der Waals surface area contributed by atoms with Crippen molar-refractivity contribution in [3.8, 4) is 34.9 Å². The summed E-state index contributed by atoms with van der Waals surface area (Å²) < 4.78 is 10.8. The van der Waals surface area contributed by atoms with Gasteiger partial charge in [-0.05, 0) is 50.7 Å². The molecule has 1 N–H and O–H groups in total. The molecule has 2 fully saturated rings. The largest absolute Gasteiger partial charge is 0.495 e. The van der Waals surface area contributed by atoms with Gasteiger partial charge in [0.15, 0.2) is 0 Å². The molecule has 2 aliphatic carbocycles. The minimum Gasteiger partial charge on any atom is -0.495 e. The fraction of sp³-hybridized carbons (Fsp3) is 0.417. The molecule has 0 atom stereocenters. The van der Waals surface area contributed by atoms with Crippen molar-refractivity contribution in [3.05, 3.63) is 47.2 Å². The van der Waals surface area contributed by atoms with E-state index in [0.29, 0.717) is 30.1 Å². The molecule has 3 aromatic rings. The van der Waals surface area contributed by atoms with Crippen molar-refractivity contribution < 1.29 is 14.6 Å². The molecule has 0 unspecified atom stereocenters. The molecule has 0 spiro atoms. The average molecular weight is 453 g/mol. The van der Waals surface area contributed by atoms with Crippen molar-refractivity contribution in [2.45, 2.75) is 45.1 Å². The number of hydrogen-bond acceptors (Lipinski definition) is 8. The highest BCUT2D eigenvalue weighted by atomic mass is 32.1. The van der Waals surface area contributed by atoms with Gasteiger partial charge in [-0.25, -0.2) is 9.97 Å². The number of thiazole rings is 1. The number of terminal acetylenes is 1. The van der Waals surface area contributed by atoms with Gasteiger partial charge in [-0.3, -0.25) is 4.98 Å². The Hall–Kier alpha value is -3.02. The van der Waals surface area contributed by atoms with E-state index in [4.69, 9.17) is 9.47 Å². The van der Waals surface area contributed by atoms with Gasteiger partial charge in [-0.15, -0.1) is 24.2 Å². The Morgan fingerprint density at radius 2 is 1.94 bits per heavy atom. The standard InChI is InChI=1S/C16H19N3O2S.C6H7NO.C2H2/c1-9-17-6-12(15(18-9)21-8-10-2-3-10)14-13(7-20)19-16(22-14)11-4-5-11;1-8-6-3-2-4-7-5-6;1-2/h6,10-11,20H,2-5,7-8H2,1H3;2-5H,1H3;1-2H. The van der Waals surface area contributed by atoms with E-state index in [2.05, 4.69) is 32.8 Å². The molecule has 0 radical (unpaired) electrons. The van der Waals surface area contributed by atoms with Crippen molar-refractivity contribution in [2.75, 3.05) is 13.7 Å². The normalized spacial score (nSPS) is 14.4. The summed E-state index contributed by atoms with van der Waals surface area (Å²) in [6.07, 6.45) is 18.1. The Morgan fingerprint density at radius 3 is 2.50 bits per heavy atom. The monoisotopic (exact) mass is 452 g/mol. The minimum absolute atomic E-state index is 0.0610. The van der Waals surface area contributed by atoms with Crippen LogP contribution in [-0.4, -0.2) is 38.8 Å². The van der Waals surface area contributed by atoms with Crippen LogP contribution in [0.15, 0.2) is 30.7 Å². The first-order chi connectivity index (χ1) is 15.7. The highest BCUT2D eigenvalue weighted by molar-refractivity contribution is 7.15. The van der Waals surface area contributed by atoms with Crippen LogP contribution >= 0.6 is 11.3 Å². The molecule has 0 saturated heterocycles. The fourth-order valence-electron chi connectivity index (χ4n) is 2.86. The van der Waals surface area contributed by atoms with Crippen LogP contribution < -0.4 is 9.47 Å². The number of aliphatic hydroxyl groups is 1. The predicted octanol–water partition coefficient (Wildman–Crippen LogP) is 4.41. The minimum atomic E-state index is -0.0610. The number of aliphatic hydroxyl groups excluding tert-OH is 1. The summed E-state index contributed by atoms with van der Waals surface area (Å²) in [6, 6.07) is 3.69. The van der Waals surface area contributed by atoms with Crippen LogP contribution in [0, 0.1) is 25.7 Å². The first kappa shape index (κ1) is 23.6. The molecule has 0 amide bonds. The van der Waals surface area contributed by atoms with Gasteiger partial charge in [0.05, 0.1) is 47.7 Å². The molecule has 32 heavy (non-hydrogen) atoms. The van der Waals surface area contributed by atoms with E-state index in [1.165, 1.54) is 25.7 Å². The lowest BCUT2D eigenvalue weighted by atomic mass is 10.2. The number of aryl methyl sites for hydroxylation is 1. The lowest BCUT2D eigenvalue weighted by molar-refractivity contribution is 0.277. The number of nitrogens with zero attached hydrogens (tertiary/aromatic N) is 4. The van der Waals surface area contributed by atoms with Gasteiger partial charge >= 0.3 is 0 Å². The van der Waals surface area contributed by atoms with Crippen molar-refractivity contribution in [1.29, 1.82) is 0 Å². The number of aromatic nitrogens is 4. The molecule has 2 saturated carbocycles. The van der Waals surface area contributed by atoms with E-state index >= 15 is 0 Å². The third-order valence-corrected chi connectivity index (χ3v) is 6.23. The summed E-state index contributed by atoms with van der Waals surface area (Å²) in [7, 11) is 1.62. The predicted molar refractivity (Wildman–Crippen MR) is 125 cm³/mol. The first-order valence-corrected chi connectivity index (χ1v) is 11.3. The van der Waals surface area contributed by atoms with Gasteiger partial charge < -0.3 is 14.6 Å². The lowest BCUT2D eigenvalue weighted by Crippen LogP contribution is -2.04. The highest BCUT2D eigenvalue weighted by Gasteiger charge is 2.30. The Morgan fingerprint density at radius 1 is 1.16 bits per heavy atom. The zero-order valence-electron chi connectivity index (χ0n) is 18.4. The van der Waals surface area contributed by atoms with Crippen LogP contribution in [0.5, 0.6) is 11.6 Å². The highest BCUT2D eigenvalue weighted by Crippen LogP contribution is 2.46. The van der Waals surface area contributed by atoms with Crippen LogP contribution in [0.4, 0.5) is 0 Å². The van der Waals surface area contributed by atoms with E-state index in [1.54, 1.807) is 37.0 Å². The van der Waals surface area contributed by atoms with E-state index in [1.807, 2.05) is 19.1 Å². The quantitative estimate of drug-likeness (QED) is 0.531. The molecular weight excluding hydrogens is 424 g/mol. The summed E-state index contributed by atoms with van der Waals surface area (Å²) in [5.74, 6) is 3.37. The summed E-state index contributed by atoms with van der Waals surface area (Å²) in [4.78, 5) is 18.1. The summed E-state index contributed by atoms with van der Waals surface area (Å²) >= 11 is 1.65. The second-order valence-corrected chi connectivity index (χ2v) is 8.57. The maximum atomic E-state index is 9.63. The topological polar surface area (TPSA) is 90.3 Å². The molecule has 0 aromatic carbocycles. The number of hydrogen-bond donors (Lipinski definition) is 1. The molecule has 8 heteroatoms. The molecule has 0 bridgehead atoms. The summed E-state index contributed by atoms with van der Waals surface area (Å²) in [6.45, 7) is 2.52. The number of methoxy groups -OCH3 is 1. The van der Waals surface area contributed by atoms with E-state index in [9.17, 15) is 5.11 Å². The van der Waals surface area contributed by atoms with Crippen LogP contribution in [0.1, 0.15) is 48.1 Å². The smallest absolute Gasteiger partial charge is 0.225 e. The Labute approximate surface area is 192 Å². The zero-order chi connectivity index (χ0) is 22.9. The molecular formula is C24H28N4O3S. The second-order valence-electron chi connectivity index (χ2n) is 7.54. The second kappa shape index (κ2) is 11.6. The van der Waals surface area contributed by atoms with Crippen LogP contribution in [-0.2, 0) is 6.61 Å². The average Bonchev–Trinajstić information content (AvgIpc) is 3.78. The van der Waals surface area contributed by atoms with Crippen molar-refractivity contribution in [2.24, 2.45) is 5.92 Å².